The number of methoxy groups -OCH3 is 2. The van der Waals surface area contributed by atoms with Crippen LogP contribution in [0.5, 0.6) is 0 Å². The van der Waals surface area contributed by atoms with Crippen LogP contribution in [0.15, 0.2) is 72.0 Å². The summed E-state index contributed by atoms with van der Waals surface area (Å²) >= 11 is 0. The summed E-state index contributed by atoms with van der Waals surface area (Å²) in [5, 5.41) is 4.52. The molecule has 0 saturated heterocycles. The summed E-state index contributed by atoms with van der Waals surface area (Å²) in [7, 11) is -2.01. The van der Waals surface area contributed by atoms with Gasteiger partial charge in [0.05, 0.1) is 18.8 Å². The largest absolute Gasteiger partial charge is 0.383 e. The molecule has 0 aliphatic rings. The first-order chi connectivity index (χ1) is 17.8. The molecule has 2 heterocycles. The first-order valence-corrected chi connectivity index (χ1v) is 12.4. The van der Waals surface area contributed by atoms with Crippen molar-refractivity contribution in [2.24, 2.45) is 0 Å². The van der Waals surface area contributed by atoms with Gasteiger partial charge in [-0.05, 0) is 48.0 Å². The maximum absolute atomic E-state index is 16.1. The number of anilines is 1. The fourth-order valence-corrected chi connectivity index (χ4v) is 5.19. The number of hydrogen-bond acceptors (Lipinski definition) is 6. The van der Waals surface area contributed by atoms with Gasteiger partial charge in [-0.25, -0.2) is 25.9 Å². The van der Waals surface area contributed by atoms with Crippen molar-refractivity contribution in [1.82, 2.24) is 14.8 Å². The zero-order valence-corrected chi connectivity index (χ0v) is 20.8. The standard InChI is InChI=1S/C25H23F3N4O4S/c1-35-13-12-31-15-20(17-8-10-29-11-9-17)25(30-31)19-4-3-5-22(24(19)28)32(16-36-2)37(33,34)23-14-18(26)6-7-21(23)27/h3-11,14-15H,12-13,16H2,1-2H3. The number of hydrogen-bond donors (Lipinski definition) is 0. The molecule has 0 fully saturated rings. The van der Waals surface area contributed by atoms with Gasteiger partial charge in [0.1, 0.15) is 29.0 Å². The van der Waals surface area contributed by atoms with E-state index in [1.54, 1.807) is 42.5 Å². The third-order valence-corrected chi connectivity index (χ3v) is 7.24. The van der Waals surface area contributed by atoms with E-state index in [4.69, 9.17) is 9.47 Å². The molecular weight excluding hydrogens is 509 g/mol. The predicted molar refractivity (Wildman–Crippen MR) is 131 cm³/mol. The summed E-state index contributed by atoms with van der Waals surface area (Å²) in [5.74, 6) is -3.08. The van der Waals surface area contributed by atoms with Gasteiger partial charge >= 0.3 is 0 Å². The Hall–Kier alpha value is -3.74. The number of halogens is 3. The highest BCUT2D eigenvalue weighted by Crippen LogP contribution is 2.37. The second kappa shape index (κ2) is 11.1. The van der Waals surface area contributed by atoms with E-state index in [0.29, 0.717) is 40.7 Å². The van der Waals surface area contributed by atoms with E-state index in [1.807, 2.05) is 0 Å². The molecule has 2 aromatic carbocycles. The van der Waals surface area contributed by atoms with Crippen LogP contribution in [0.4, 0.5) is 18.9 Å². The predicted octanol–water partition coefficient (Wildman–Crippen LogP) is 4.48. The van der Waals surface area contributed by atoms with Crippen LogP contribution >= 0.6 is 0 Å². The molecule has 0 atom stereocenters. The Bertz CT molecular complexity index is 1500. The molecule has 0 saturated carbocycles. The summed E-state index contributed by atoms with van der Waals surface area (Å²) in [4.78, 5) is 3.06. The zero-order valence-electron chi connectivity index (χ0n) is 19.9. The monoisotopic (exact) mass is 532 g/mol. The Morgan fingerprint density at radius 3 is 2.43 bits per heavy atom. The van der Waals surface area contributed by atoms with Gasteiger partial charge in [-0.2, -0.15) is 5.10 Å². The first-order valence-electron chi connectivity index (χ1n) is 11.0. The smallest absolute Gasteiger partial charge is 0.269 e. The molecule has 0 aliphatic carbocycles. The van der Waals surface area contributed by atoms with E-state index in [9.17, 15) is 17.2 Å². The number of benzene rings is 2. The molecule has 0 unspecified atom stereocenters. The van der Waals surface area contributed by atoms with Crippen molar-refractivity contribution in [1.29, 1.82) is 0 Å². The fourth-order valence-electron chi connectivity index (χ4n) is 3.74. The Morgan fingerprint density at radius 1 is 0.973 bits per heavy atom. The van der Waals surface area contributed by atoms with Crippen LogP contribution in [0.3, 0.4) is 0 Å². The van der Waals surface area contributed by atoms with Gasteiger partial charge < -0.3 is 9.47 Å². The average Bonchev–Trinajstić information content (AvgIpc) is 3.32. The molecule has 0 N–H and O–H groups in total. The maximum Gasteiger partial charge on any atom is 0.269 e. The Kier molecular flexibility index (Phi) is 7.91. The number of nitrogens with zero attached hydrogens (tertiary/aromatic N) is 4. The van der Waals surface area contributed by atoms with Crippen molar-refractivity contribution >= 4 is 15.7 Å². The number of pyridine rings is 1. The molecule has 0 amide bonds. The van der Waals surface area contributed by atoms with Crippen LogP contribution in [0, 0.1) is 17.5 Å². The van der Waals surface area contributed by atoms with Crippen molar-refractivity contribution in [3.05, 3.63) is 84.6 Å². The number of rotatable bonds is 10. The SMILES string of the molecule is COCCn1cc(-c2ccncc2)c(-c2cccc(N(COC)S(=O)(=O)c3cc(F)ccc3F)c2F)n1. The number of ether oxygens (including phenoxy) is 2. The molecule has 4 aromatic rings. The summed E-state index contributed by atoms with van der Waals surface area (Å²) in [6.45, 7) is 0.0928. The molecule has 0 radical (unpaired) electrons. The minimum atomic E-state index is -4.76. The third-order valence-electron chi connectivity index (χ3n) is 5.49. The van der Waals surface area contributed by atoms with E-state index in [0.717, 1.165) is 6.07 Å². The fraction of sp³-hybridized carbons (Fsp3) is 0.200. The summed E-state index contributed by atoms with van der Waals surface area (Å²) in [6, 6.07) is 9.58. The second-order valence-corrected chi connectivity index (χ2v) is 9.70. The van der Waals surface area contributed by atoms with E-state index >= 15 is 4.39 Å². The van der Waals surface area contributed by atoms with Crippen molar-refractivity contribution in [2.45, 2.75) is 11.4 Å². The van der Waals surface area contributed by atoms with Crippen molar-refractivity contribution in [2.75, 3.05) is 31.9 Å². The zero-order chi connectivity index (χ0) is 26.6. The Labute approximate surface area is 211 Å². The van der Waals surface area contributed by atoms with Crippen LogP contribution in [-0.2, 0) is 26.0 Å². The summed E-state index contributed by atoms with van der Waals surface area (Å²) in [6.07, 6.45) is 4.89. The highest BCUT2D eigenvalue weighted by Gasteiger charge is 2.32. The maximum atomic E-state index is 16.1. The van der Waals surface area contributed by atoms with Gasteiger partial charge in [0, 0.05) is 43.9 Å². The highest BCUT2D eigenvalue weighted by atomic mass is 32.2. The molecular formula is C25H23F3N4O4S. The average molecular weight is 533 g/mol. The normalized spacial score (nSPS) is 11.6. The van der Waals surface area contributed by atoms with Gasteiger partial charge in [-0.1, -0.05) is 6.07 Å². The van der Waals surface area contributed by atoms with Crippen molar-refractivity contribution < 1.29 is 31.1 Å². The van der Waals surface area contributed by atoms with Gasteiger partial charge in [0.2, 0.25) is 0 Å². The minimum Gasteiger partial charge on any atom is -0.383 e. The topological polar surface area (TPSA) is 86.5 Å². The van der Waals surface area contributed by atoms with Crippen LogP contribution in [-0.4, -0.2) is 50.7 Å². The lowest BCUT2D eigenvalue weighted by Gasteiger charge is -2.25. The lowest BCUT2D eigenvalue weighted by atomic mass is 10.0. The summed E-state index contributed by atoms with van der Waals surface area (Å²) < 4.78 is 83.3. The second-order valence-electron chi connectivity index (χ2n) is 7.87. The lowest BCUT2D eigenvalue weighted by Crippen LogP contribution is -2.34. The van der Waals surface area contributed by atoms with Gasteiger partial charge in [0.15, 0.2) is 5.82 Å². The lowest BCUT2D eigenvalue weighted by molar-refractivity contribution is 0.183. The quantitative estimate of drug-likeness (QED) is 0.280. The van der Waals surface area contributed by atoms with E-state index < -0.39 is 44.8 Å². The molecule has 0 aliphatic heterocycles. The molecule has 12 heteroatoms. The van der Waals surface area contributed by atoms with Gasteiger partial charge in [0.25, 0.3) is 10.0 Å². The van der Waals surface area contributed by atoms with Crippen LogP contribution in [0.1, 0.15) is 0 Å². The van der Waals surface area contributed by atoms with Crippen LogP contribution in [0.2, 0.25) is 0 Å². The van der Waals surface area contributed by atoms with E-state index in [-0.39, 0.29) is 11.3 Å². The first kappa shape index (κ1) is 26.3. The van der Waals surface area contributed by atoms with Crippen LogP contribution in [0.25, 0.3) is 22.4 Å². The Morgan fingerprint density at radius 2 is 1.73 bits per heavy atom. The van der Waals surface area contributed by atoms with E-state index in [1.165, 1.54) is 25.3 Å². The van der Waals surface area contributed by atoms with Gasteiger partial charge in [-0.3, -0.25) is 9.67 Å². The molecule has 194 valence electrons. The molecule has 0 bridgehead atoms. The highest BCUT2D eigenvalue weighted by molar-refractivity contribution is 7.92. The Balaban J connectivity index is 1.87. The number of aromatic nitrogens is 3. The van der Waals surface area contributed by atoms with E-state index in [2.05, 4.69) is 10.1 Å². The van der Waals surface area contributed by atoms with Crippen molar-refractivity contribution in [3.8, 4) is 22.4 Å². The number of sulfonamides is 1. The molecule has 2 aromatic heterocycles. The van der Waals surface area contributed by atoms with Gasteiger partial charge in [-0.15, -0.1) is 0 Å². The molecule has 37 heavy (non-hydrogen) atoms. The van der Waals surface area contributed by atoms with Crippen molar-refractivity contribution in [3.63, 3.8) is 0 Å². The molecule has 8 nitrogen and oxygen atoms in total. The minimum absolute atomic E-state index is 0.00324. The van der Waals surface area contributed by atoms with Crippen LogP contribution < -0.4 is 4.31 Å². The molecule has 0 spiro atoms. The third kappa shape index (κ3) is 5.36. The summed E-state index contributed by atoms with van der Waals surface area (Å²) in [5.41, 5.74) is 1.11. The molecule has 4 rings (SSSR count).